The Hall–Kier alpha value is -1.29. The van der Waals surface area contributed by atoms with E-state index < -0.39 is 0 Å². The highest BCUT2D eigenvalue weighted by atomic mass is 16.2. The lowest BCUT2D eigenvalue weighted by Gasteiger charge is -2.16. The fourth-order valence-corrected chi connectivity index (χ4v) is 2.22. The maximum absolute atomic E-state index is 12.0. The summed E-state index contributed by atoms with van der Waals surface area (Å²) in [6.45, 7) is 5.49. The van der Waals surface area contributed by atoms with Crippen molar-refractivity contribution in [2.24, 2.45) is 0 Å². The number of hydrogen-bond acceptors (Lipinski definition) is 2. The molecule has 0 unspecified atom stereocenters. The molecule has 1 heterocycles. The van der Waals surface area contributed by atoms with Crippen molar-refractivity contribution in [2.75, 3.05) is 0 Å². The minimum Gasteiger partial charge on any atom is -0.352 e. The molecule has 106 valence electrons. The normalized spacial score (nSPS) is 14.9. The van der Waals surface area contributed by atoms with Crippen LogP contribution >= 0.6 is 0 Å². The molecule has 1 amide bonds. The summed E-state index contributed by atoms with van der Waals surface area (Å²) in [7, 11) is 0. The predicted octanol–water partition coefficient (Wildman–Crippen LogP) is 2.04. The molecule has 2 rings (SSSR count). The average Bonchev–Trinajstić information content (AvgIpc) is 3.14. The SMILES string of the molecule is CCC(CC)NC(=O)Cn1cccc1CNC1CC1. The van der Waals surface area contributed by atoms with E-state index in [4.69, 9.17) is 0 Å². The van der Waals surface area contributed by atoms with E-state index in [1.165, 1.54) is 18.5 Å². The Bertz CT molecular complexity index is 405. The lowest BCUT2D eigenvalue weighted by molar-refractivity contribution is -0.122. The molecule has 0 spiro atoms. The van der Waals surface area contributed by atoms with Crippen LogP contribution in [0.1, 0.15) is 45.2 Å². The minimum atomic E-state index is 0.109. The molecule has 2 N–H and O–H groups in total. The third-order valence-electron chi connectivity index (χ3n) is 3.74. The van der Waals surface area contributed by atoms with Crippen molar-refractivity contribution in [3.8, 4) is 0 Å². The maximum atomic E-state index is 12.0. The van der Waals surface area contributed by atoms with Gasteiger partial charge < -0.3 is 15.2 Å². The van der Waals surface area contributed by atoms with Crippen LogP contribution in [0.2, 0.25) is 0 Å². The zero-order valence-electron chi connectivity index (χ0n) is 12.0. The van der Waals surface area contributed by atoms with Gasteiger partial charge in [-0.15, -0.1) is 0 Å². The summed E-state index contributed by atoms with van der Waals surface area (Å²) < 4.78 is 2.03. The van der Waals surface area contributed by atoms with E-state index >= 15 is 0 Å². The summed E-state index contributed by atoms with van der Waals surface area (Å²) in [5, 5.41) is 6.56. The van der Waals surface area contributed by atoms with E-state index in [0.717, 1.165) is 19.4 Å². The summed E-state index contributed by atoms with van der Waals surface area (Å²) in [6.07, 6.45) is 6.54. The summed E-state index contributed by atoms with van der Waals surface area (Å²) in [5.74, 6) is 0.109. The molecule has 19 heavy (non-hydrogen) atoms. The van der Waals surface area contributed by atoms with Crippen LogP contribution in [0.5, 0.6) is 0 Å². The van der Waals surface area contributed by atoms with Gasteiger partial charge in [0, 0.05) is 30.5 Å². The largest absolute Gasteiger partial charge is 0.352 e. The molecule has 4 heteroatoms. The highest BCUT2D eigenvalue weighted by molar-refractivity contribution is 5.76. The van der Waals surface area contributed by atoms with Gasteiger partial charge in [-0.3, -0.25) is 4.79 Å². The second-order valence-corrected chi connectivity index (χ2v) is 5.36. The van der Waals surface area contributed by atoms with Crippen LogP contribution in [0.4, 0.5) is 0 Å². The van der Waals surface area contributed by atoms with Gasteiger partial charge in [0.25, 0.3) is 0 Å². The highest BCUT2D eigenvalue weighted by Crippen LogP contribution is 2.19. The number of rotatable bonds is 8. The smallest absolute Gasteiger partial charge is 0.240 e. The van der Waals surface area contributed by atoms with Crippen molar-refractivity contribution in [3.05, 3.63) is 24.0 Å². The van der Waals surface area contributed by atoms with Gasteiger partial charge in [0.05, 0.1) is 0 Å². The van der Waals surface area contributed by atoms with E-state index in [9.17, 15) is 4.79 Å². The topological polar surface area (TPSA) is 46.1 Å². The molecule has 0 aliphatic heterocycles. The van der Waals surface area contributed by atoms with E-state index in [1.807, 2.05) is 16.8 Å². The van der Waals surface area contributed by atoms with Gasteiger partial charge in [-0.2, -0.15) is 0 Å². The van der Waals surface area contributed by atoms with Crippen molar-refractivity contribution in [3.63, 3.8) is 0 Å². The number of nitrogens with zero attached hydrogens (tertiary/aromatic N) is 1. The molecular formula is C15H25N3O. The predicted molar refractivity (Wildman–Crippen MR) is 76.8 cm³/mol. The van der Waals surface area contributed by atoms with Crippen LogP contribution in [0.25, 0.3) is 0 Å². The molecule has 1 saturated carbocycles. The quantitative estimate of drug-likeness (QED) is 0.754. The molecule has 0 atom stereocenters. The Balaban J connectivity index is 1.83. The van der Waals surface area contributed by atoms with Gasteiger partial charge >= 0.3 is 0 Å². The molecule has 0 aromatic carbocycles. The first-order valence-corrected chi connectivity index (χ1v) is 7.39. The number of hydrogen-bond donors (Lipinski definition) is 2. The summed E-state index contributed by atoms with van der Waals surface area (Å²) in [5.41, 5.74) is 1.19. The molecule has 1 aliphatic carbocycles. The van der Waals surface area contributed by atoms with E-state index in [0.29, 0.717) is 18.6 Å². The lowest BCUT2D eigenvalue weighted by Crippen LogP contribution is -2.36. The highest BCUT2D eigenvalue weighted by Gasteiger charge is 2.20. The van der Waals surface area contributed by atoms with Gasteiger partial charge in [0.1, 0.15) is 6.54 Å². The van der Waals surface area contributed by atoms with Crippen molar-refractivity contribution in [1.82, 2.24) is 15.2 Å². The number of aromatic nitrogens is 1. The van der Waals surface area contributed by atoms with Crippen molar-refractivity contribution in [1.29, 1.82) is 0 Å². The fourth-order valence-electron chi connectivity index (χ4n) is 2.22. The van der Waals surface area contributed by atoms with Crippen molar-refractivity contribution >= 4 is 5.91 Å². The second-order valence-electron chi connectivity index (χ2n) is 5.36. The molecule has 4 nitrogen and oxygen atoms in total. The maximum Gasteiger partial charge on any atom is 0.240 e. The summed E-state index contributed by atoms with van der Waals surface area (Å²) >= 11 is 0. The molecule has 1 aromatic rings. The van der Waals surface area contributed by atoms with E-state index in [-0.39, 0.29) is 5.91 Å². The second kappa shape index (κ2) is 6.75. The monoisotopic (exact) mass is 263 g/mol. The lowest BCUT2D eigenvalue weighted by atomic mass is 10.2. The number of nitrogens with one attached hydrogen (secondary N) is 2. The number of amides is 1. The molecular weight excluding hydrogens is 238 g/mol. The first kappa shape index (κ1) is 14.1. The Morgan fingerprint density at radius 2 is 2.16 bits per heavy atom. The van der Waals surface area contributed by atoms with Crippen LogP contribution in [0, 0.1) is 0 Å². The summed E-state index contributed by atoms with van der Waals surface area (Å²) in [4.78, 5) is 12.0. The molecule has 1 fully saturated rings. The summed E-state index contributed by atoms with van der Waals surface area (Å²) in [6, 6.07) is 5.09. The molecule has 0 radical (unpaired) electrons. The van der Waals surface area contributed by atoms with Crippen LogP contribution in [0.15, 0.2) is 18.3 Å². The molecule has 0 saturated heterocycles. The third-order valence-corrected chi connectivity index (χ3v) is 3.74. The molecule has 0 bridgehead atoms. The standard InChI is InChI=1S/C15H25N3O/c1-3-12(4-2)17-15(19)11-18-9-5-6-14(18)10-16-13-7-8-13/h5-6,9,12-13,16H,3-4,7-8,10-11H2,1-2H3,(H,17,19). The Morgan fingerprint density at radius 1 is 1.42 bits per heavy atom. The van der Waals surface area contributed by atoms with Gasteiger partial charge in [0.2, 0.25) is 5.91 Å². The van der Waals surface area contributed by atoms with Crippen LogP contribution in [-0.4, -0.2) is 22.6 Å². The first-order chi connectivity index (χ1) is 9.22. The number of carbonyl (C=O) groups excluding carboxylic acids is 1. The van der Waals surface area contributed by atoms with Gasteiger partial charge in [-0.25, -0.2) is 0 Å². The zero-order valence-corrected chi connectivity index (χ0v) is 12.0. The van der Waals surface area contributed by atoms with Crippen LogP contribution in [0.3, 0.4) is 0 Å². The minimum absolute atomic E-state index is 0.109. The van der Waals surface area contributed by atoms with Crippen LogP contribution in [-0.2, 0) is 17.9 Å². The van der Waals surface area contributed by atoms with Crippen LogP contribution < -0.4 is 10.6 Å². The Morgan fingerprint density at radius 3 is 2.79 bits per heavy atom. The number of carbonyl (C=O) groups is 1. The van der Waals surface area contributed by atoms with Crippen molar-refractivity contribution < 1.29 is 4.79 Å². The Kier molecular flexibility index (Phi) is 5.02. The Labute approximate surface area is 115 Å². The molecule has 1 aliphatic rings. The van der Waals surface area contributed by atoms with Gasteiger partial charge in [0.15, 0.2) is 0 Å². The fraction of sp³-hybridized carbons (Fsp3) is 0.667. The average molecular weight is 263 g/mol. The van der Waals surface area contributed by atoms with Gasteiger partial charge in [-0.05, 0) is 37.8 Å². The van der Waals surface area contributed by atoms with E-state index in [1.54, 1.807) is 0 Å². The molecule has 1 aromatic heterocycles. The zero-order chi connectivity index (χ0) is 13.7. The van der Waals surface area contributed by atoms with Gasteiger partial charge in [-0.1, -0.05) is 13.8 Å². The van der Waals surface area contributed by atoms with E-state index in [2.05, 4.69) is 30.5 Å². The first-order valence-electron chi connectivity index (χ1n) is 7.39. The third kappa shape index (κ3) is 4.39. The van der Waals surface area contributed by atoms with Crippen molar-refractivity contribution in [2.45, 2.75) is 64.7 Å².